The number of alkyl halides is 2. The van der Waals surface area contributed by atoms with Gasteiger partial charge in [0, 0.05) is 30.9 Å². The minimum absolute atomic E-state index is 0. The summed E-state index contributed by atoms with van der Waals surface area (Å²) in [6, 6.07) is 0.389. The van der Waals surface area contributed by atoms with Gasteiger partial charge in [-0.25, -0.2) is 18.8 Å². The minimum atomic E-state index is -2.68. The average molecular weight is 605 g/mol. The summed E-state index contributed by atoms with van der Waals surface area (Å²) in [7, 11) is 1.43. The molecule has 1 spiro atoms. The number of aromatic nitrogens is 1. The smallest absolute Gasteiger partial charge is 0.261 e. The largest absolute Gasteiger partial charge is 0.495 e. The molecule has 1 aromatic heterocycles. The molecule has 5 rings (SSSR count). The molecule has 0 aromatic carbocycles. The van der Waals surface area contributed by atoms with Crippen molar-refractivity contribution >= 4 is 45.0 Å². The van der Waals surface area contributed by atoms with Crippen molar-refractivity contribution in [2.24, 2.45) is 16.6 Å². The molecule has 13 heteroatoms. The Hall–Kier alpha value is -3.73. The zero-order valence-electron chi connectivity index (χ0n) is 23.8. The zero-order valence-corrected chi connectivity index (χ0v) is 24.6. The highest BCUT2D eigenvalue weighted by molar-refractivity contribution is 8.26. The first-order valence-electron chi connectivity index (χ1n) is 13.5. The number of allylic oxidation sites excluding steroid dienone is 1. The maximum atomic E-state index is 13.7. The second-order valence-corrected chi connectivity index (χ2v) is 10.6. The number of amides is 1. The summed E-state index contributed by atoms with van der Waals surface area (Å²) >= 11 is 0.906. The van der Waals surface area contributed by atoms with Crippen LogP contribution in [0.15, 0.2) is 41.9 Å². The van der Waals surface area contributed by atoms with Crippen molar-refractivity contribution in [1.29, 1.82) is 5.41 Å². The fraction of sp³-hybridized carbons (Fsp3) is 0.448. The number of carbonyl (C=O) groups excluding carboxylic acids is 1. The third-order valence-corrected chi connectivity index (χ3v) is 7.33. The number of thioether (sulfide) groups is 1. The normalized spacial score (nSPS) is 20.5. The van der Waals surface area contributed by atoms with Crippen LogP contribution in [-0.2, 0) is 14.3 Å². The molecule has 1 unspecified atom stereocenters. The van der Waals surface area contributed by atoms with E-state index in [-0.39, 0.29) is 28.7 Å². The molecule has 2 saturated carbocycles. The van der Waals surface area contributed by atoms with Gasteiger partial charge in [-0.3, -0.25) is 15.1 Å². The number of carbonyl (C=O) groups is 1. The number of ether oxygens (including phenoxy) is 2. The number of morpholine rings is 1. The topological polar surface area (TPSA) is 157 Å². The molecule has 2 aliphatic heterocycles. The molecule has 2 aliphatic carbocycles. The van der Waals surface area contributed by atoms with Crippen LogP contribution in [0.3, 0.4) is 0 Å². The Kier molecular flexibility index (Phi) is 10.9. The lowest BCUT2D eigenvalue weighted by Crippen LogP contribution is -2.49. The number of hydrogen-bond acceptors (Lipinski definition) is 8. The Labute approximate surface area is 249 Å². The standard InChI is InChI=1S/C27H28F2N6O3S.C2H6.H2O.H2/c1-15(34-26(31)39-22(30)6-5-16-3-4-16)19-13-33-23(35-9-10-38-27(7-8-27)25(35)36)12-17(19)18-11-20(24(28)29)32-14-21(18)37-2;1-2;;/h11-14,16,20,24,30,32H,1,3-4,7-10H2,2H3,(H2,31,34);1-2H3;1H2;1H. The van der Waals surface area contributed by atoms with E-state index in [1.54, 1.807) is 11.0 Å². The number of amidine groups is 1. The van der Waals surface area contributed by atoms with Gasteiger partial charge in [-0.1, -0.05) is 26.3 Å². The SMILES string of the molecule is C=C(N=C(N)SC(=N)C#CC1CC1)c1cnc(N2CCOC3(CC3)C2=O)cc1C1=CC(C(F)F)NC=C1OC.CC.O.[HH]. The Balaban J connectivity index is 0.00000158. The van der Waals surface area contributed by atoms with Crippen LogP contribution < -0.4 is 16.0 Å². The van der Waals surface area contributed by atoms with Crippen LogP contribution in [0.2, 0.25) is 0 Å². The number of hydrogen-bond donors (Lipinski definition) is 3. The monoisotopic (exact) mass is 604 g/mol. The van der Waals surface area contributed by atoms with E-state index in [9.17, 15) is 13.6 Å². The summed E-state index contributed by atoms with van der Waals surface area (Å²) in [5, 5.41) is 10.8. The van der Waals surface area contributed by atoms with Crippen LogP contribution in [0.4, 0.5) is 14.6 Å². The van der Waals surface area contributed by atoms with Gasteiger partial charge in [-0.05, 0) is 61.1 Å². The molecule has 1 aromatic rings. The van der Waals surface area contributed by atoms with Gasteiger partial charge in [0.1, 0.15) is 28.3 Å². The number of halogens is 2. The summed E-state index contributed by atoms with van der Waals surface area (Å²) in [5.74, 6) is 6.62. The molecule has 1 saturated heterocycles. The van der Waals surface area contributed by atoms with Gasteiger partial charge in [0.15, 0.2) is 5.17 Å². The highest BCUT2D eigenvalue weighted by Crippen LogP contribution is 2.44. The van der Waals surface area contributed by atoms with E-state index in [0.717, 1.165) is 24.6 Å². The molecule has 228 valence electrons. The zero-order chi connectivity index (χ0) is 29.7. The maximum absolute atomic E-state index is 13.7. The van der Waals surface area contributed by atoms with E-state index in [2.05, 4.69) is 33.7 Å². The molecule has 10 nitrogen and oxygen atoms in total. The highest BCUT2D eigenvalue weighted by Gasteiger charge is 2.55. The first kappa shape index (κ1) is 32.8. The van der Waals surface area contributed by atoms with Crippen molar-refractivity contribution in [2.75, 3.05) is 25.2 Å². The van der Waals surface area contributed by atoms with Gasteiger partial charge < -0.3 is 26.0 Å². The number of nitrogens with zero attached hydrogens (tertiary/aromatic N) is 3. The van der Waals surface area contributed by atoms with Crippen molar-refractivity contribution in [2.45, 2.75) is 57.6 Å². The van der Waals surface area contributed by atoms with Gasteiger partial charge >= 0.3 is 0 Å². The highest BCUT2D eigenvalue weighted by atomic mass is 32.2. The molecule has 1 atom stereocenters. The molecular formula is C29H38F2N6O4S. The van der Waals surface area contributed by atoms with Crippen LogP contribution >= 0.6 is 11.8 Å². The fourth-order valence-electron chi connectivity index (χ4n) is 4.31. The van der Waals surface area contributed by atoms with Crippen molar-refractivity contribution in [3.05, 3.63) is 48.0 Å². The number of rotatable bonds is 6. The van der Waals surface area contributed by atoms with E-state index >= 15 is 0 Å². The maximum Gasteiger partial charge on any atom is 0.261 e. The van der Waals surface area contributed by atoms with Crippen molar-refractivity contribution in [3.8, 4) is 11.8 Å². The Morgan fingerprint density at radius 3 is 2.76 bits per heavy atom. The predicted octanol–water partition coefficient (Wildman–Crippen LogP) is 3.94. The van der Waals surface area contributed by atoms with E-state index in [4.69, 9.17) is 20.6 Å². The number of aliphatic imine (C=N–C) groups is 1. The number of anilines is 1. The number of nitrogens with two attached hydrogens (primary N) is 1. The Bertz CT molecular complexity index is 1380. The van der Waals surface area contributed by atoms with Crippen LogP contribution in [0.1, 0.15) is 52.1 Å². The number of dihydropyridines is 1. The summed E-state index contributed by atoms with van der Waals surface area (Å²) in [6.07, 6.45) is 4.96. The van der Waals surface area contributed by atoms with E-state index in [1.807, 2.05) is 13.8 Å². The Morgan fingerprint density at radius 1 is 1.43 bits per heavy atom. The second kappa shape index (κ2) is 14.0. The lowest BCUT2D eigenvalue weighted by molar-refractivity contribution is -0.137. The first-order valence-corrected chi connectivity index (χ1v) is 14.3. The summed E-state index contributed by atoms with van der Waals surface area (Å²) in [5.41, 5.74) is 6.70. The van der Waals surface area contributed by atoms with E-state index in [1.165, 1.54) is 25.6 Å². The molecule has 42 heavy (non-hydrogen) atoms. The van der Waals surface area contributed by atoms with Crippen molar-refractivity contribution in [3.63, 3.8) is 0 Å². The van der Waals surface area contributed by atoms with Crippen LogP contribution in [0.5, 0.6) is 0 Å². The predicted molar refractivity (Wildman–Crippen MR) is 164 cm³/mol. The van der Waals surface area contributed by atoms with Crippen LogP contribution in [-0.4, -0.2) is 64.9 Å². The molecule has 3 fully saturated rings. The molecule has 0 radical (unpaired) electrons. The van der Waals surface area contributed by atoms with Crippen LogP contribution in [0.25, 0.3) is 11.3 Å². The minimum Gasteiger partial charge on any atom is -0.495 e. The molecule has 6 N–H and O–H groups in total. The van der Waals surface area contributed by atoms with Gasteiger partial charge in [0.2, 0.25) is 0 Å². The third kappa shape index (κ3) is 7.36. The van der Waals surface area contributed by atoms with Gasteiger partial charge in [0.05, 0.1) is 26.0 Å². The number of pyridine rings is 1. The van der Waals surface area contributed by atoms with Gasteiger partial charge in [-0.15, -0.1) is 0 Å². The van der Waals surface area contributed by atoms with Crippen LogP contribution in [0, 0.1) is 23.2 Å². The molecule has 3 heterocycles. The van der Waals surface area contributed by atoms with Crippen molar-refractivity contribution in [1.82, 2.24) is 10.3 Å². The van der Waals surface area contributed by atoms with Gasteiger partial charge in [-0.2, -0.15) is 0 Å². The van der Waals surface area contributed by atoms with E-state index < -0.39 is 18.1 Å². The third-order valence-electron chi connectivity index (χ3n) is 6.73. The quantitative estimate of drug-likeness (QED) is 0.252. The summed E-state index contributed by atoms with van der Waals surface area (Å²) < 4.78 is 38.5. The second-order valence-electron chi connectivity index (χ2n) is 9.58. The Morgan fingerprint density at radius 2 is 2.14 bits per heavy atom. The average Bonchev–Trinajstić information content (AvgIpc) is 3.91. The summed E-state index contributed by atoms with van der Waals surface area (Å²) in [6.45, 7) is 8.71. The number of nitrogens with one attached hydrogen (secondary N) is 2. The lowest BCUT2D eigenvalue weighted by atomic mass is 9.94. The number of methoxy groups -OCH3 is 1. The van der Waals surface area contributed by atoms with Crippen molar-refractivity contribution < 1.29 is 30.0 Å². The van der Waals surface area contributed by atoms with Gasteiger partial charge in [0.25, 0.3) is 12.3 Å². The first-order chi connectivity index (χ1) is 19.7. The molecular weight excluding hydrogens is 566 g/mol. The molecule has 0 bridgehead atoms. The fourth-order valence-corrected chi connectivity index (χ4v) is 4.79. The summed E-state index contributed by atoms with van der Waals surface area (Å²) in [4.78, 5) is 23.5. The molecule has 4 aliphatic rings. The lowest BCUT2D eigenvalue weighted by Gasteiger charge is -2.32. The molecule has 1 amide bonds. The van der Waals surface area contributed by atoms with E-state index in [0.29, 0.717) is 60.2 Å².